The smallest absolute Gasteiger partial charge is 0.138 e. The van der Waals surface area contributed by atoms with Crippen LogP contribution in [0.4, 0.5) is 0 Å². The van der Waals surface area contributed by atoms with E-state index in [2.05, 4.69) is 23.3 Å². The molecule has 1 N–H and O–H groups in total. The van der Waals surface area contributed by atoms with Gasteiger partial charge in [0.1, 0.15) is 5.75 Å². The number of pyridine rings is 1. The van der Waals surface area contributed by atoms with E-state index in [9.17, 15) is 0 Å². The maximum atomic E-state index is 5.66. The second-order valence-corrected chi connectivity index (χ2v) is 4.60. The van der Waals surface area contributed by atoms with E-state index in [-0.39, 0.29) is 6.10 Å². The van der Waals surface area contributed by atoms with Gasteiger partial charge in [-0.15, -0.1) is 0 Å². The molecule has 0 radical (unpaired) electrons. The summed E-state index contributed by atoms with van der Waals surface area (Å²) in [4.78, 5) is 4.25. The molecule has 0 aliphatic carbocycles. The summed E-state index contributed by atoms with van der Waals surface area (Å²) < 4.78 is 5.66. The van der Waals surface area contributed by atoms with Crippen LogP contribution in [0.5, 0.6) is 5.75 Å². The highest BCUT2D eigenvalue weighted by molar-refractivity contribution is 5.26. The molecule has 0 aliphatic rings. The Bertz CT molecular complexity index is 326. The van der Waals surface area contributed by atoms with Crippen LogP contribution >= 0.6 is 0 Å². The van der Waals surface area contributed by atoms with E-state index in [1.54, 1.807) is 6.20 Å². The van der Waals surface area contributed by atoms with Gasteiger partial charge in [0.25, 0.3) is 0 Å². The number of ether oxygens (including phenoxy) is 1. The van der Waals surface area contributed by atoms with Gasteiger partial charge < -0.3 is 10.1 Å². The molecule has 17 heavy (non-hydrogen) atoms. The Morgan fingerprint density at radius 3 is 2.71 bits per heavy atom. The summed E-state index contributed by atoms with van der Waals surface area (Å²) in [6.45, 7) is 6.27. The van der Waals surface area contributed by atoms with Gasteiger partial charge in [0.15, 0.2) is 0 Å². The highest BCUT2D eigenvalue weighted by atomic mass is 16.5. The highest BCUT2D eigenvalue weighted by Crippen LogP contribution is 2.22. The van der Waals surface area contributed by atoms with Crippen molar-refractivity contribution in [3.05, 3.63) is 24.0 Å². The first-order valence-electron chi connectivity index (χ1n) is 6.46. The first-order valence-corrected chi connectivity index (χ1v) is 6.46. The number of hydrogen-bond acceptors (Lipinski definition) is 3. The molecule has 3 heteroatoms. The fraction of sp³-hybridized carbons (Fsp3) is 0.643. The minimum Gasteiger partial charge on any atom is -0.489 e. The highest BCUT2D eigenvalue weighted by Gasteiger charge is 2.10. The number of nitrogens with zero attached hydrogens (tertiary/aromatic N) is 1. The normalized spacial score (nSPS) is 12.8. The summed E-state index contributed by atoms with van der Waals surface area (Å²) in [5.41, 5.74) is 1.21. The van der Waals surface area contributed by atoms with Crippen LogP contribution in [0.15, 0.2) is 18.5 Å². The molecule has 0 saturated carbocycles. The SMILES string of the molecule is CCCCC(NC)c1cncc(OC(C)C)c1. The standard InChI is InChI=1S/C14H24N2O/c1-5-6-7-14(15-4)12-8-13(10-16-9-12)17-11(2)3/h8-11,14-15H,5-7H2,1-4H3. The molecule has 0 aromatic carbocycles. The molecule has 1 rings (SSSR count). The third kappa shape index (κ3) is 4.73. The number of hydrogen-bond donors (Lipinski definition) is 1. The van der Waals surface area contributed by atoms with Gasteiger partial charge in [-0.1, -0.05) is 19.8 Å². The first kappa shape index (κ1) is 14.0. The van der Waals surface area contributed by atoms with Crippen molar-refractivity contribution in [1.29, 1.82) is 0 Å². The molecule has 0 bridgehead atoms. The molecule has 0 saturated heterocycles. The van der Waals surface area contributed by atoms with Crippen LogP contribution in [0.1, 0.15) is 51.6 Å². The number of unbranched alkanes of at least 4 members (excludes halogenated alkanes) is 1. The maximum absolute atomic E-state index is 5.66. The van der Waals surface area contributed by atoms with E-state index in [4.69, 9.17) is 4.74 Å². The third-order valence-electron chi connectivity index (χ3n) is 2.70. The zero-order valence-electron chi connectivity index (χ0n) is 11.4. The van der Waals surface area contributed by atoms with Crippen molar-refractivity contribution >= 4 is 0 Å². The second-order valence-electron chi connectivity index (χ2n) is 4.60. The van der Waals surface area contributed by atoms with Crippen LogP contribution in [0.2, 0.25) is 0 Å². The van der Waals surface area contributed by atoms with Gasteiger partial charge in [0, 0.05) is 12.2 Å². The van der Waals surface area contributed by atoms with Gasteiger partial charge in [-0.2, -0.15) is 0 Å². The van der Waals surface area contributed by atoms with Crippen LogP contribution in [0, 0.1) is 0 Å². The summed E-state index contributed by atoms with van der Waals surface area (Å²) in [5, 5.41) is 3.34. The molecule has 3 nitrogen and oxygen atoms in total. The summed E-state index contributed by atoms with van der Waals surface area (Å²) in [6.07, 6.45) is 7.46. The fourth-order valence-corrected chi connectivity index (χ4v) is 1.85. The lowest BCUT2D eigenvalue weighted by atomic mass is 10.0. The molecule has 1 unspecified atom stereocenters. The topological polar surface area (TPSA) is 34.2 Å². The van der Waals surface area contributed by atoms with E-state index in [1.165, 1.54) is 18.4 Å². The van der Waals surface area contributed by atoms with Crippen LogP contribution in [-0.4, -0.2) is 18.1 Å². The summed E-state index contributed by atoms with van der Waals surface area (Å²) >= 11 is 0. The van der Waals surface area contributed by atoms with Gasteiger partial charge in [-0.05, 0) is 38.9 Å². The van der Waals surface area contributed by atoms with Gasteiger partial charge in [0.05, 0.1) is 12.3 Å². The summed E-state index contributed by atoms with van der Waals surface area (Å²) in [7, 11) is 2.00. The molecule has 0 aliphatic heterocycles. The van der Waals surface area contributed by atoms with Gasteiger partial charge in [-0.3, -0.25) is 4.98 Å². The Kier molecular flexibility index (Phi) is 5.98. The van der Waals surface area contributed by atoms with Crippen molar-refractivity contribution < 1.29 is 4.74 Å². The van der Waals surface area contributed by atoms with Crippen molar-refractivity contribution in [3.8, 4) is 5.75 Å². The Morgan fingerprint density at radius 2 is 2.12 bits per heavy atom. The maximum Gasteiger partial charge on any atom is 0.138 e. The predicted molar refractivity (Wildman–Crippen MR) is 71.3 cm³/mol. The van der Waals surface area contributed by atoms with E-state index >= 15 is 0 Å². The number of rotatable bonds is 7. The lowest BCUT2D eigenvalue weighted by Gasteiger charge is -2.17. The Hall–Kier alpha value is -1.09. The monoisotopic (exact) mass is 236 g/mol. The zero-order valence-corrected chi connectivity index (χ0v) is 11.4. The second kappa shape index (κ2) is 7.28. The largest absolute Gasteiger partial charge is 0.489 e. The molecule has 96 valence electrons. The third-order valence-corrected chi connectivity index (χ3v) is 2.70. The molecule has 1 heterocycles. The zero-order chi connectivity index (χ0) is 12.7. The number of aromatic nitrogens is 1. The molecular weight excluding hydrogens is 212 g/mol. The fourth-order valence-electron chi connectivity index (χ4n) is 1.85. The minimum atomic E-state index is 0.190. The predicted octanol–water partition coefficient (Wildman–Crippen LogP) is 3.32. The molecule has 1 atom stereocenters. The summed E-state index contributed by atoms with van der Waals surface area (Å²) in [5.74, 6) is 0.856. The minimum absolute atomic E-state index is 0.190. The lowest BCUT2D eigenvalue weighted by molar-refractivity contribution is 0.241. The Labute approximate surface area is 105 Å². The van der Waals surface area contributed by atoms with E-state index in [0.29, 0.717) is 6.04 Å². The van der Waals surface area contributed by atoms with Gasteiger partial charge in [0.2, 0.25) is 0 Å². The van der Waals surface area contributed by atoms with Gasteiger partial charge >= 0.3 is 0 Å². The quantitative estimate of drug-likeness (QED) is 0.788. The number of nitrogens with one attached hydrogen (secondary N) is 1. The molecule has 0 amide bonds. The molecule has 1 aromatic rings. The van der Waals surface area contributed by atoms with Crippen molar-refractivity contribution in [2.45, 2.75) is 52.2 Å². The Balaban J connectivity index is 2.73. The lowest BCUT2D eigenvalue weighted by Crippen LogP contribution is -2.17. The van der Waals surface area contributed by atoms with Crippen LogP contribution in [0.3, 0.4) is 0 Å². The molecule has 0 spiro atoms. The molecule has 1 aromatic heterocycles. The summed E-state index contributed by atoms with van der Waals surface area (Å²) in [6, 6.07) is 2.46. The van der Waals surface area contributed by atoms with Crippen LogP contribution in [-0.2, 0) is 0 Å². The Morgan fingerprint density at radius 1 is 1.35 bits per heavy atom. The van der Waals surface area contributed by atoms with Crippen molar-refractivity contribution in [2.75, 3.05) is 7.05 Å². The average Bonchev–Trinajstić information content (AvgIpc) is 2.30. The van der Waals surface area contributed by atoms with Crippen LogP contribution < -0.4 is 10.1 Å². The van der Waals surface area contributed by atoms with E-state index in [0.717, 1.165) is 12.2 Å². The molecule has 0 fully saturated rings. The van der Waals surface area contributed by atoms with E-state index in [1.807, 2.05) is 27.1 Å². The van der Waals surface area contributed by atoms with Crippen molar-refractivity contribution in [3.63, 3.8) is 0 Å². The average molecular weight is 236 g/mol. The first-order chi connectivity index (χ1) is 8.17. The van der Waals surface area contributed by atoms with E-state index < -0.39 is 0 Å². The van der Waals surface area contributed by atoms with Crippen molar-refractivity contribution in [2.24, 2.45) is 0 Å². The van der Waals surface area contributed by atoms with Crippen LogP contribution in [0.25, 0.3) is 0 Å². The molecular formula is C14H24N2O. The van der Waals surface area contributed by atoms with Crippen molar-refractivity contribution in [1.82, 2.24) is 10.3 Å². The van der Waals surface area contributed by atoms with Gasteiger partial charge in [-0.25, -0.2) is 0 Å².